The highest BCUT2D eigenvalue weighted by molar-refractivity contribution is 6.07. The Hall–Kier alpha value is -2.92. The summed E-state index contributed by atoms with van der Waals surface area (Å²) in [4.78, 5) is 19.8. The average Bonchev–Trinajstić information content (AvgIpc) is 2.72. The summed E-state index contributed by atoms with van der Waals surface area (Å²) in [7, 11) is 0. The molecule has 3 aromatic rings. The Morgan fingerprint density at radius 3 is 2.58 bits per heavy atom. The fraction of sp³-hybridized carbons (Fsp3) is 0.238. The molecule has 1 aliphatic heterocycles. The van der Waals surface area contributed by atoms with Crippen LogP contribution in [0.25, 0.3) is 10.9 Å². The van der Waals surface area contributed by atoms with E-state index in [1.165, 1.54) is 0 Å². The van der Waals surface area contributed by atoms with Crippen LogP contribution in [0.1, 0.15) is 15.9 Å². The molecule has 1 aromatic heterocycles. The van der Waals surface area contributed by atoms with Crippen LogP contribution in [-0.2, 0) is 11.3 Å². The maximum Gasteiger partial charge on any atom is 0.252 e. The number of carbonyl (C=O) groups excluding carboxylic acids is 1. The largest absolute Gasteiger partial charge is 0.378 e. The number of fused-ring (bicyclic) bond motifs is 1. The topological polar surface area (TPSA) is 54.5 Å². The lowest BCUT2D eigenvalue weighted by molar-refractivity contribution is 0.0952. The molecular formula is C21H21N3O2. The first-order valence-electron chi connectivity index (χ1n) is 8.86. The van der Waals surface area contributed by atoms with E-state index >= 15 is 0 Å². The molecule has 1 amide bonds. The Morgan fingerprint density at radius 2 is 1.77 bits per heavy atom. The minimum Gasteiger partial charge on any atom is -0.378 e. The molecule has 2 aromatic carbocycles. The SMILES string of the molecule is O=C(NCc1ccccc1)c1cc(N2CCOCC2)nc2ccccc12. The Morgan fingerprint density at radius 1 is 1.04 bits per heavy atom. The zero-order valence-corrected chi connectivity index (χ0v) is 14.5. The summed E-state index contributed by atoms with van der Waals surface area (Å²) >= 11 is 0. The summed E-state index contributed by atoms with van der Waals surface area (Å²) in [5.74, 6) is 0.749. The lowest BCUT2D eigenvalue weighted by atomic mass is 10.1. The molecule has 4 rings (SSSR count). The van der Waals surface area contributed by atoms with Crippen LogP contribution in [-0.4, -0.2) is 37.2 Å². The summed E-state index contributed by atoms with van der Waals surface area (Å²) in [5, 5.41) is 3.90. The van der Waals surface area contributed by atoms with Gasteiger partial charge in [-0.3, -0.25) is 4.79 Å². The normalized spacial score (nSPS) is 14.4. The van der Waals surface area contributed by atoms with Crippen molar-refractivity contribution in [3.8, 4) is 0 Å². The molecule has 26 heavy (non-hydrogen) atoms. The van der Waals surface area contributed by atoms with Crippen molar-refractivity contribution in [2.75, 3.05) is 31.2 Å². The van der Waals surface area contributed by atoms with Crippen LogP contribution in [0.5, 0.6) is 0 Å². The second kappa shape index (κ2) is 7.54. The number of benzene rings is 2. The number of hydrogen-bond acceptors (Lipinski definition) is 4. The van der Waals surface area contributed by atoms with E-state index in [0.29, 0.717) is 25.3 Å². The van der Waals surface area contributed by atoms with E-state index in [4.69, 9.17) is 9.72 Å². The Labute approximate surface area is 152 Å². The third-order valence-corrected chi connectivity index (χ3v) is 4.58. The first-order chi connectivity index (χ1) is 12.8. The van der Waals surface area contributed by atoms with Crippen molar-refractivity contribution in [1.82, 2.24) is 10.3 Å². The molecule has 5 nitrogen and oxygen atoms in total. The first-order valence-corrected chi connectivity index (χ1v) is 8.86. The molecular weight excluding hydrogens is 326 g/mol. The van der Waals surface area contributed by atoms with E-state index in [0.717, 1.165) is 35.4 Å². The lowest BCUT2D eigenvalue weighted by Crippen LogP contribution is -2.37. The van der Waals surface area contributed by atoms with E-state index in [2.05, 4.69) is 10.2 Å². The van der Waals surface area contributed by atoms with Crippen LogP contribution in [0.2, 0.25) is 0 Å². The molecule has 0 unspecified atom stereocenters. The summed E-state index contributed by atoms with van der Waals surface area (Å²) < 4.78 is 5.43. The zero-order chi connectivity index (χ0) is 17.8. The summed E-state index contributed by atoms with van der Waals surface area (Å²) in [5.41, 5.74) is 2.57. The monoisotopic (exact) mass is 347 g/mol. The van der Waals surface area contributed by atoms with E-state index in [-0.39, 0.29) is 5.91 Å². The highest BCUT2D eigenvalue weighted by atomic mass is 16.5. The fourth-order valence-corrected chi connectivity index (χ4v) is 3.18. The van der Waals surface area contributed by atoms with Gasteiger partial charge in [0.25, 0.3) is 5.91 Å². The van der Waals surface area contributed by atoms with Crippen molar-refractivity contribution in [2.24, 2.45) is 0 Å². The predicted octanol–water partition coefficient (Wildman–Crippen LogP) is 3.00. The standard InChI is InChI=1S/C21H21N3O2/c25-21(22-15-16-6-2-1-3-7-16)18-14-20(24-10-12-26-13-11-24)23-19-9-5-4-8-17(18)19/h1-9,14H,10-13,15H2,(H,22,25). The highest BCUT2D eigenvalue weighted by Gasteiger charge is 2.18. The molecule has 1 aliphatic rings. The van der Waals surface area contributed by atoms with E-state index < -0.39 is 0 Å². The van der Waals surface area contributed by atoms with Gasteiger partial charge in [-0.25, -0.2) is 4.98 Å². The van der Waals surface area contributed by atoms with Gasteiger partial charge >= 0.3 is 0 Å². The average molecular weight is 347 g/mol. The second-order valence-corrected chi connectivity index (χ2v) is 6.31. The summed E-state index contributed by atoms with van der Waals surface area (Å²) in [6.45, 7) is 3.45. The van der Waals surface area contributed by atoms with Gasteiger partial charge in [0, 0.05) is 25.0 Å². The van der Waals surface area contributed by atoms with Gasteiger partial charge < -0.3 is 15.0 Å². The highest BCUT2D eigenvalue weighted by Crippen LogP contribution is 2.23. The van der Waals surface area contributed by atoms with Crippen LogP contribution >= 0.6 is 0 Å². The maximum atomic E-state index is 12.9. The van der Waals surface area contributed by atoms with Gasteiger partial charge in [-0.15, -0.1) is 0 Å². The Balaban J connectivity index is 1.64. The molecule has 132 valence electrons. The quantitative estimate of drug-likeness (QED) is 0.788. The number of carbonyl (C=O) groups is 1. The van der Waals surface area contributed by atoms with Crippen molar-refractivity contribution in [1.29, 1.82) is 0 Å². The minimum absolute atomic E-state index is 0.0815. The van der Waals surface area contributed by atoms with Crippen molar-refractivity contribution >= 4 is 22.6 Å². The van der Waals surface area contributed by atoms with Crippen LogP contribution < -0.4 is 10.2 Å². The zero-order valence-electron chi connectivity index (χ0n) is 14.5. The molecule has 0 bridgehead atoms. The summed E-state index contributed by atoms with van der Waals surface area (Å²) in [6, 6.07) is 19.6. The first kappa shape index (κ1) is 16.5. The number of nitrogens with zero attached hydrogens (tertiary/aromatic N) is 2. The molecule has 0 saturated carbocycles. The van der Waals surface area contributed by atoms with Gasteiger partial charge in [0.05, 0.1) is 24.3 Å². The number of nitrogens with one attached hydrogen (secondary N) is 1. The molecule has 0 atom stereocenters. The van der Waals surface area contributed by atoms with Gasteiger partial charge in [0.15, 0.2) is 0 Å². The molecule has 0 radical (unpaired) electrons. The predicted molar refractivity (Wildman–Crippen MR) is 102 cm³/mol. The van der Waals surface area contributed by atoms with E-state index in [1.807, 2.05) is 60.7 Å². The number of pyridine rings is 1. The van der Waals surface area contributed by atoms with Gasteiger partial charge in [-0.05, 0) is 17.7 Å². The molecule has 2 heterocycles. The molecule has 1 saturated heterocycles. The summed E-state index contributed by atoms with van der Waals surface area (Å²) in [6.07, 6.45) is 0. The van der Waals surface area contributed by atoms with Gasteiger partial charge in [-0.1, -0.05) is 48.5 Å². The number of anilines is 1. The number of amides is 1. The molecule has 0 aliphatic carbocycles. The second-order valence-electron chi connectivity index (χ2n) is 6.31. The maximum absolute atomic E-state index is 12.9. The smallest absolute Gasteiger partial charge is 0.252 e. The molecule has 5 heteroatoms. The van der Waals surface area contributed by atoms with Crippen molar-refractivity contribution in [3.05, 3.63) is 71.8 Å². The fourth-order valence-electron chi connectivity index (χ4n) is 3.18. The number of aromatic nitrogens is 1. The number of ether oxygens (including phenoxy) is 1. The van der Waals surface area contributed by atoms with E-state index in [1.54, 1.807) is 0 Å². The Kier molecular flexibility index (Phi) is 4.80. The van der Waals surface area contributed by atoms with Gasteiger partial charge in [-0.2, -0.15) is 0 Å². The van der Waals surface area contributed by atoms with Crippen molar-refractivity contribution < 1.29 is 9.53 Å². The van der Waals surface area contributed by atoms with E-state index in [9.17, 15) is 4.79 Å². The number of para-hydroxylation sites is 1. The van der Waals surface area contributed by atoms with Crippen molar-refractivity contribution in [2.45, 2.75) is 6.54 Å². The molecule has 0 spiro atoms. The third kappa shape index (κ3) is 3.53. The van der Waals surface area contributed by atoms with Gasteiger partial charge in [0.2, 0.25) is 0 Å². The van der Waals surface area contributed by atoms with Crippen LogP contribution in [0.15, 0.2) is 60.7 Å². The number of hydrogen-bond donors (Lipinski definition) is 1. The molecule has 1 fully saturated rings. The van der Waals surface area contributed by atoms with Crippen molar-refractivity contribution in [3.63, 3.8) is 0 Å². The van der Waals surface area contributed by atoms with Gasteiger partial charge in [0.1, 0.15) is 5.82 Å². The number of rotatable bonds is 4. The van der Waals surface area contributed by atoms with Crippen LogP contribution in [0.3, 0.4) is 0 Å². The van der Waals surface area contributed by atoms with Crippen LogP contribution in [0.4, 0.5) is 5.82 Å². The number of morpholine rings is 1. The van der Waals surface area contributed by atoms with Crippen LogP contribution in [0, 0.1) is 0 Å². The lowest BCUT2D eigenvalue weighted by Gasteiger charge is -2.28. The third-order valence-electron chi connectivity index (χ3n) is 4.58. The minimum atomic E-state index is -0.0815. The molecule has 1 N–H and O–H groups in total. The Bertz CT molecular complexity index is 906.